The molecule has 0 bridgehead atoms. The van der Waals surface area contributed by atoms with Crippen molar-refractivity contribution in [3.63, 3.8) is 0 Å². The molecule has 0 rings (SSSR count). The molecule has 12 nitrogen and oxygen atoms in total. The summed E-state index contributed by atoms with van der Waals surface area (Å²) >= 11 is 0. The van der Waals surface area contributed by atoms with Crippen molar-refractivity contribution in [3.8, 4) is 0 Å². The van der Waals surface area contributed by atoms with Gasteiger partial charge in [0.1, 0.15) is 18.1 Å². The predicted octanol–water partition coefficient (Wildman–Crippen LogP) is -2.19. The van der Waals surface area contributed by atoms with Crippen LogP contribution in [-0.4, -0.2) is 70.6 Å². The van der Waals surface area contributed by atoms with Crippen molar-refractivity contribution in [2.75, 3.05) is 6.61 Å². The number of aliphatic carboxylic acids is 1. The fourth-order valence-corrected chi connectivity index (χ4v) is 2.57. The molecule has 0 aromatic heterocycles. The van der Waals surface area contributed by atoms with Crippen LogP contribution in [0.15, 0.2) is 0 Å². The van der Waals surface area contributed by atoms with Crippen molar-refractivity contribution in [3.05, 3.63) is 0 Å². The average molecular weight is 446 g/mol. The molecular formula is C19H35N5O7. The Morgan fingerprint density at radius 1 is 0.903 bits per heavy atom. The molecule has 0 aliphatic heterocycles. The van der Waals surface area contributed by atoms with Crippen LogP contribution in [0.25, 0.3) is 0 Å². The number of hydrogen-bond acceptors (Lipinski definition) is 7. The normalized spacial score (nSPS) is 15.8. The van der Waals surface area contributed by atoms with Crippen LogP contribution in [0.1, 0.15) is 47.0 Å². The second kappa shape index (κ2) is 13.5. The number of carbonyl (C=O) groups excluding carboxylic acids is 4. The van der Waals surface area contributed by atoms with E-state index in [1.807, 2.05) is 6.92 Å². The molecule has 9 N–H and O–H groups in total. The number of amides is 4. The number of carboxylic acid groups (broad SMARTS) is 1. The highest BCUT2D eigenvalue weighted by atomic mass is 16.4. The van der Waals surface area contributed by atoms with E-state index >= 15 is 0 Å². The van der Waals surface area contributed by atoms with E-state index in [1.165, 1.54) is 0 Å². The summed E-state index contributed by atoms with van der Waals surface area (Å²) in [6.07, 6.45) is 0.170. The Labute approximate surface area is 181 Å². The second-order valence-corrected chi connectivity index (χ2v) is 7.79. The molecule has 31 heavy (non-hydrogen) atoms. The number of nitrogens with two attached hydrogens (primary N) is 2. The van der Waals surface area contributed by atoms with Crippen LogP contribution >= 0.6 is 0 Å². The fraction of sp³-hybridized carbons (Fsp3) is 0.737. The van der Waals surface area contributed by atoms with Crippen molar-refractivity contribution >= 4 is 29.6 Å². The van der Waals surface area contributed by atoms with E-state index in [1.54, 1.807) is 20.8 Å². The van der Waals surface area contributed by atoms with Crippen LogP contribution < -0.4 is 27.4 Å². The molecule has 0 heterocycles. The van der Waals surface area contributed by atoms with Crippen LogP contribution in [0.4, 0.5) is 0 Å². The van der Waals surface area contributed by atoms with Gasteiger partial charge in [0.15, 0.2) is 0 Å². The smallest absolute Gasteiger partial charge is 0.326 e. The highest BCUT2D eigenvalue weighted by molar-refractivity contribution is 5.94. The SMILES string of the molecule is CCC(C)C(N)C(=O)NC(CO)C(=O)NC(CCC(N)=O)C(=O)NC(C(=O)O)C(C)C. The molecule has 0 saturated heterocycles. The third-order valence-electron chi connectivity index (χ3n) is 4.92. The van der Waals surface area contributed by atoms with Crippen LogP contribution in [0.5, 0.6) is 0 Å². The topological polar surface area (TPSA) is 214 Å². The second-order valence-electron chi connectivity index (χ2n) is 7.79. The van der Waals surface area contributed by atoms with Crippen LogP contribution in [0.2, 0.25) is 0 Å². The van der Waals surface area contributed by atoms with E-state index in [9.17, 15) is 34.2 Å². The highest BCUT2D eigenvalue weighted by Gasteiger charge is 2.31. The third kappa shape index (κ3) is 9.75. The summed E-state index contributed by atoms with van der Waals surface area (Å²) < 4.78 is 0. The molecule has 0 aromatic carbocycles. The number of hydrogen-bond donors (Lipinski definition) is 7. The lowest BCUT2D eigenvalue weighted by Gasteiger charge is -2.25. The average Bonchev–Trinajstić information content (AvgIpc) is 2.70. The van der Waals surface area contributed by atoms with Gasteiger partial charge in [0.05, 0.1) is 12.6 Å². The Balaban J connectivity index is 5.36. The van der Waals surface area contributed by atoms with Crippen molar-refractivity contribution in [2.45, 2.75) is 71.1 Å². The molecular weight excluding hydrogens is 410 g/mol. The molecule has 0 fully saturated rings. The molecule has 12 heteroatoms. The lowest BCUT2D eigenvalue weighted by atomic mass is 9.99. The van der Waals surface area contributed by atoms with Gasteiger partial charge in [-0.05, 0) is 18.3 Å². The number of primary amides is 1. The summed E-state index contributed by atoms with van der Waals surface area (Å²) in [5.74, 6) is -4.98. The Morgan fingerprint density at radius 3 is 1.84 bits per heavy atom. The largest absolute Gasteiger partial charge is 0.480 e. The zero-order valence-corrected chi connectivity index (χ0v) is 18.4. The molecule has 0 aromatic rings. The molecule has 178 valence electrons. The van der Waals surface area contributed by atoms with Crippen LogP contribution in [0.3, 0.4) is 0 Å². The lowest BCUT2D eigenvalue weighted by Crippen LogP contribution is -2.59. The van der Waals surface area contributed by atoms with E-state index in [2.05, 4.69) is 16.0 Å². The van der Waals surface area contributed by atoms with E-state index in [4.69, 9.17) is 11.5 Å². The minimum absolute atomic E-state index is 0.166. The first-order chi connectivity index (χ1) is 14.3. The maximum Gasteiger partial charge on any atom is 0.326 e. The minimum atomic E-state index is -1.40. The first-order valence-electron chi connectivity index (χ1n) is 10.1. The van der Waals surface area contributed by atoms with E-state index in [0.29, 0.717) is 6.42 Å². The van der Waals surface area contributed by atoms with E-state index in [-0.39, 0.29) is 18.8 Å². The Hall–Kier alpha value is -2.73. The first kappa shape index (κ1) is 28.3. The van der Waals surface area contributed by atoms with Gasteiger partial charge in [0, 0.05) is 6.42 Å². The van der Waals surface area contributed by atoms with Gasteiger partial charge in [0.2, 0.25) is 23.6 Å². The molecule has 0 spiro atoms. The molecule has 0 aliphatic carbocycles. The Bertz CT molecular complexity index is 656. The van der Waals surface area contributed by atoms with Gasteiger partial charge in [-0.15, -0.1) is 0 Å². The van der Waals surface area contributed by atoms with Gasteiger partial charge in [-0.3, -0.25) is 19.2 Å². The first-order valence-corrected chi connectivity index (χ1v) is 10.1. The molecule has 0 saturated carbocycles. The highest BCUT2D eigenvalue weighted by Crippen LogP contribution is 2.07. The molecule has 5 unspecified atom stereocenters. The van der Waals surface area contributed by atoms with Gasteiger partial charge < -0.3 is 37.6 Å². The summed E-state index contributed by atoms with van der Waals surface area (Å²) in [4.78, 5) is 59.8. The van der Waals surface area contributed by atoms with Crippen LogP contribution in [0, 0.1) is 11.8 Å². The molecule has 4 amide bonds. The van der Waals surface area contributed by atoms with Crippen molar-refractivity contribution in [1.29, 1.82) is 0 Å². The quantitative estimate of drug-likeness (QED) is 0.155. The Kier molecular flexibility index (Phi) is 12.4. The maximum atomic E-state index is 12.6. The van der Waals surface area contributed by atoms with Gasteiger partial charge in [-0.25, -0.2) is 4.79 Å². The summed E-state index contributed by atoms with van der Waals surface area (Å²) in [5, 5.41) is 25.7. The molecule has 5 atom stereocenters. The van der Waals surface area contributed by atoms with Gasteiger partial charge in [-0.1, -0.05) is 34.1 Å². The lowest BCUT2D eigenvalue weighted by molar-refractivity contribution is -0.143. The summed E-state index contributed by atoms with van der Waals surface area (Å²) in [6.45, 7) is 6.02. The summed E-state index contributed by atoms with van der Waals surface area (Å²) in [6, 6.07) is -4.83. The number of carbonyl (C=O) groups is 5. The van der Waals surface area contributed by atoms with Gasteiger partial charge in [0.25, 0.3) is 0 Å². The van der Waals surface area contributed by atoms with Crippen molar-refractivity contribution in [1.82, 2.24) is 16.0 Å². The van der Waals surface area contributed by atoms with Crippen LogP contribution in [-0.2, 0) is 24.0 Å². The third-order valence-corrected chi connectivity index (χ3v) is 4.92. The predicted molar refractivity (Wildman–Crippen MR) is 111 cm³/mol. The van der Waals surface area contributed by atoms with Crippen molar-refractivity contribution < 1.29 is 34.2 Å². The summed E-state index contributed by atoms with van der Waals surface area (Å²) in [7, 11) is 0. The standard InChI is InChI=1S/C19H35N5O7/c1-5-10(4)14(21)18(29)23-12(8-25)17(28)22-11(6-7-13(20)26)16(27)24-15(9(2)3)19(30)31/h9-12,14-15,25H,5-8,21H2,1-4H3,(H2,20,26)(H,22,28)(H,23,29)(H,24,27)(H,30,31). The van der Waals surface area contributed by atoms with E-state index in [0.717, 1.165) is 0 Å². The van der Waals surface area contributed by atoms with E-state index < -0.39 is 66.3 Å². The number of carboxylic acids is 1. The minimum Gasteiger partial charge on any atom is -0.480 e. The maximum absolute atomic E-state index is 12.6. The zero-order chi connectivity index (χ0) is 24.3. The monoisotopic (exact) mass is 445 g/mol. The number of aliphatic hydroxyl groups excluding tert-OH is 1. The molecule has 0 radical (unpaired) electrons. The molecule has 0 aliphatic rings. The number of rotatable bonds is 14. The fourth-order valence-electron chi connectivity index (χ4n) is 2.57. The number of nitrogens with one attached hydrogen (secondary N) is 3. The van der Waals surface area contributed by atoms with Gasteiger partial charge in [-0.2, -0.15) is 0 Å². The summed E-state index contributed by atoms with van der Waals surface area (Å²) in [5.41, 5.74) is 10.9. The number of aliphatic hydroxyl groups is 1. The van der Waals surface area contributed by atoms with Gasteiger partial charge >= 0.3 is 5.97 Å². The zero-order valence-electron chi connectivity index (χ0n) is 18.4. The Morgan fingerprint density at radius 2 is 1.42 bits per heavy atom. The van der Waals surface area contributed by atoms with Crippen molar-refractivity contribution in [2.24, 2.45) is 23.3 Å².